The van der Waals surface area contributed by atoms with E-state index in [1.807, 2.05) is 24.3 Å². The minimum atomic E-state index is -0.206. The number of nitrogens with two attached hydrogens (primary N) is 1. The molecule has 0 radical (unpaired) electrons. The maximum Gasteiger partial charge on any atom is 0.257 e. The number of anilines is 2. The van der Waals surface area contributed by atoms with Crippen LogP contribution in [0.15, 0.2) is 46.9 Å². The van der Waals surface area contributed by atoms with E-state index in [1.54, 1.807) is 18.2 Å². The number of carbonyl (C=O) groups is 1. The lowest BCUT2D eigenvalue weighted by atomic mass is 10.1. The molecule has 0 saturated carbocycles. The smallest absolute Gasteiger partial charge is 0.257 e. The highest BCUT2D eigenvalue weighted by Crippen LogP contribution is 2.20. The second-order valence-electron chi connectivity index (χ2n) is 3.70. The van der Waals surface area contributed by atoms with E-state index >= 15 is 0 Å². The van der Waals surface area contributed by atoms with Crippen LogP contribution >= 0.6 is 38.5 Å². The monoisotopic (exact) mass is 416 g/mol. The first-order valence-electron chi connectivity index (χ1n) is 5.18. The lowest BCUT2D eigenvalue weighted by molar-refractivity contribution is 0.102. The maximum atomic E-state index is 12.0. The van der Waals surface area contributed by atoms with E-state index in [9.17, 15) is 4.79 Å². The molecule has 0 heterocycles. The van der Waals surface area contributed by atoms with Gasteiger partial charge in [-0.05, 0) is 59.0 Å². The molecule has 0 spiro atoms. The molecule has 0 unspecified atom stereocenters. The number of halogens is 2. The average Bonchev–Trinajstić information content (AvgIpc) is 2.28. The molecule has 1 amide bonds. The van der Waals surface area contributed by atoms with E-state index in [-0.39, 0.29) is 5.91 Å². The van der Waals surface area contributed by atoms with Crippen LogP contribution in [0.3, 0.4) is 0 Å². The Balaban J connectivity index is 2.22. The molecule has 3 N–H and O–H groups in total. The van der Waals surface area contributed by atoms with Crippen molar-refractivity contribution in [2.45, 2.75) is 0 Å². The number of hydrogen-bond donors (Lipinski definition) is 2. The van der Waals surface area contributed by atoms with Gasteiger partial charge in [-0.15, -0.1) is 0 Å². The van der Waals surface area contributed by atoms with Crippen LogP contribution in [0.5, 0.6) is 0 Å². The van der Waals surface area contributed by atoms with E-state index in [2.05, 4.69) is 43.8 Å². The summed E-state index contributed by atoms with van der Waals surface area (Å²) in [4.78, 5) is 12.0. The number of hydrogen-bond acceptors (Lipinski definition) is 2. The van der Waals surface area contributed by atoms with E-state index < -0.39 is 0 Å². The fraction of sp³-hybridized carbons (Fsp3) is 0. The Bertz CT molecular complexity index is 601. The second-order valence-corrected chi connectivity index (χ2v) is 5.86. The summed E-state index contributed by atoms with van der Waals surface area (Å²) in [6.45, 7) is 0. The standard InChI is InChI=1S/C13H10BrIN2O/c14-8-4-5-11(12(16)6-8)13(18)17-10-3-1-2-9(15)7-10/h1-7H,16H2,(H,17,18). The summed E-state index contributed by atoms with van der Waals surface area (Å²) in [6, 6.07) is 12.8. The van der Waals surface area contributed by atoms with Gasteiger partial charge in [0.2, 0.25) is 0 Å². The van der Waals surface area contributed by atoms with Crippen molar-refractivity contribution in [1.82, 2.24) is 0 Å². The topological polar surface area (TPSA) is 55.1 Å². The summed E-state index contributed by atoms with van der Waals surface area (Å²) in [5.41, 5.74) is 7.49. The molecule has 92 valence electrons. The van der Waals surface area contributed by atoms with Crippen LogP contribution in [0, 0.1) is 3.57 Å². The Kier molecular flexibility index (Phi) is 4.23. The molecular weight excluding hydrogens is 407 g/mol. The summed E-state index contributed by atoms with van der Waals surface area (Å²) in [6.07, 6.45) is 0. The lowest BCUT2D eigenvalue weighted by Crippen LogP contribution is -2.14. The maximum absolute atomic E-state index is 12.0. The highest BCUT2D eigenvalue weighted by molar-refractivity contribution is 14.1. The van der Waals surface area contributed by atoms with Crippen molar-refractivity contribution in [3.63, 3.8) is 0 Å². The van der Waals surface area contributed by atoms with Gasteiger partial charge in [0.25, 0.3) is 5.91 Å². The van der Waals surface area contributed by atoms with Crippen molar-refractivity contribution in [2.75, 3.05) is 11.1 Å². The Labute approximate surface area is 127 Å². The molecule has 3 nitrogen and oxygen atoms in total. The molecule has 2 aromatic carbocycles. The third kappa shape index (κ3) is 3.23. The summed E-state index contributed by atoms with van der Waals surface area (Å²) in [7, 11) is 0. The van der Waals surface area contributed by atoms with Gasteiger partial charge in [-0.2, -0.15) is 0 Å². The van der Waals surface area contributed by atoms with Gasteiger partial charge in [0.15, 0.2) is 0 Å². The minimum absolute atomic E-state index is 0.206. The van der Waals surface area contributed by atoms with Crippen molar-refractivity contribution < 1.29 is 4.79 Å². The van der Waals surface area contributed by atoms with Gasteiger partial charge in [-0.3, -0.25) is 4.79 Å². The van der Waals surface area contributed by atoms with E-state index in [0.717, 1.165) is 13.7 Å². The number of nitrogens with one attached hydrogen (secondary N) is 1. The number of carbonyl (C=O) groups excluding carboxylic acids is 1. The number of rotatable bonds is 2. The zero-order valence-corrected chi connectivity index (χ0v) is 13.0. The van der Waals surface area contributed by atoms with Crippen molar-refractivity contribution in [1.29, 1.82) is 0 Å². The van der Waals surface area contributed by atoms with Crippen LogP contribution in [0.25, 0.3) is 0 Å². The highest BCUT2D eigenvalue weighted by Gasteiger charge is 2.10. The van der Waals surface area contributed by atoms with Gasteiger partial charge in [-0.25, -0.2) is 0 Å². The predicted octanol–water partition coefficient (Wildman–Crippen LogP) is 3.89. The van der Waals surface area contributed by atoms with Crippen LogP contribution in [-0.4, -0.2) is 5.91 Å². The fourth-order valence-corrected chi connectivity index (χ4v) is 2.43. The normalized spacial score (nSPS) is 10.1. The van der Waals surface area contributed by atoms with Crippen LogP contribution in [0.2, 0.25) is 0 Å². The van der Waals surface area contributed by atoms with Gasteiger partial charge in [0.1, 0.15) is 0 Å². The molecule has 0 atom stereocenters. The van der Waals surface area contributed by atoms with Crippen LogP contribution in [0.4, 0.5) is 11.4 Å². The number of amides is 1. The molecule has 2 aromatic rings. The zero-order valence-electron chi connectivity index (χ0n) is 9.28. The summed E-state index contributed by atoms with van der Waals surface area (Å²) < 4.78 is 1.92. The van der Waals surface area contributed by atoms with Gasteiger partial charge >= 0.3 is 0 Å². The molecule has 5 heteroatoms. The Morgan fingerprint density at radius 2 is 2.00 bits per heavy atom. The lowest BCUT2D eigenvalue weighted by Gasteiger charge is -2.08. The summed E-state index contributed by atoms with van der Waals surface area (Å²) in [5, 5.41) is 2.82. The van der Waals surface area contributed by atoms with Gasteiger partial charge in [-0.1, -0.05) is 22.0 Å². The molecule has 0 bridgehead atoms. The summed E-state index contributed by atoms with van der Waals surface area (Å²) >= 11 is 5.50. The molecule has 2 rings (SSSR count). The largest absolute Gasteiger partial charge is 0.398 e. The third-order valence-electron chi connectivity index (χ3n) is 2.34. The first-order valence-corrected chi connectivity index (χ1v) is 7.05. The molecule has 0 aliphatic rings. The van der Waals surface area contributed by atoms with Crippen molar-refractivity contribution >= 4 is 55.8 Å². The van der Waals surface area contributed by atoms with E-state index in [1.165, 1.54) is 0 Å². The number of benzene rings is 2. The van der Waals surface area contributed by atoms with E-state index in [4.69, 9.17) is 5.73 Å². The second kappa shape index (κ2) is 5.71. The molecule has 0 fully saturated rings. The van der Waals surface area contributed by atoms with Gasteiger partial charge in [0, 0.05) is 19.4 Å². The Morgan fingerprint density at radius 3 is 2.67 bits per heavy atom. The zero-order chi connectivity index (χ0) is 13.1. The minimum Gasteiger partial charge on any atom is -0.398 e. The Morgan fingerprint density at radius 1 is 1.22 bits per heavy atom. The first-order chi connectivity index (χ1) is 8.56. The quantitative estimate of drug-likeness (QED) is 0.576. The summed E-state index contributed by atoms with van der Waals surface area (Å²) in [5.74, 6) is -0.206. The molecule has 0 saturated heterocycles. The molecule has 18 heavy (non-hydrogen) atoms. The predicted molar refractivity (Wildman–Crippen MR) is 85.7 cm³/mol. The van der Waals surface area contributed by atoms with Crippen LogP contribution in [0.1, 0.15) is 10.4 Å². The fourth-order valence-electron chi connectivity index (χ4n) is 1.51. The van der Waals surface area contributed by atoms with Crippen molar-refractivity contribution in [3.8, 4) is 0 Å². The van der Waals surface area contributed by atoms with Gasteiger partial charge in [0.05, 0.1) is 5.56 Å². The molecule has 0 aromatic heterocycles. The van der Waals surface area contributed by atoms with Crippen LogP contribution < -0.4 is 11.1 Å². The van der Waals surface area contributed by atoms with Crippen molar-refractivity contribution in [2.24, 2.45) is 0 Å². The highest BCUT2D eigenvalue weighted by atomic mass is 127. The molecule has 0 aliphatic heterocycles. The van der Waals surface area contributed by atoms with E-state index in [0.29, 0.717) is 11.3 Å². The van der Waals surface area contributed by atoms with Crippen molar-refractivity contribution in [3.05, 3.63) is 56.1 Å². The van der Waals surface area contributed by atoms with Gasteiger partial charge < -0.3 is 11.1 Å². The molecule has 0 aliphatic carbocycles. The SMILES string of the molecule is Nc1cc(Br)ccc1C(=O)Nc1cccc(I)c1. The average molecular weight is 417 g/mol. The third-order valence-corrected chi connectivity index (χ3v) is 3.50. The molecular formula is C13H10BrIN2O. The number of nitrogen functional groups attached to an aromatic ring is 1. The Hall–Kier alpha value is -1.08. The first kappa shape index (κ1) is 13.4. The van der Waals surface area contributed by atoms with Crippen LogP contribution in [-0.2, 0) is 0 Å².